The highest BCUT2D eigenvalue weighted by molar-refractivity contribution is 8.00. The highest BCUT2D eigenvalue weighted by Crippen LogP contribution is 2.21. The Bertz CT molecular complexity index is 426. The quantitative estimate of drug-likeness (QED) is 0.738. The summed E-state index contributed by atoms with van der Waals surface area (Å²) in [4.78, 5) is 10.8. The molecule has 16 heavy (non-hydrogen) atoms. The van der Waals surface area contributed by atoms with E-state index in [1.54, 1.807) is 6.07 Å². The summed E-state index contributed by atoms with van der Waals surface area (Å²) in [5, 5.41) is 9.47. The SMILES string of the molecule is Cc1cc(C#N)nc(N2CCSC(C)C2)n1. The van der Waals surface area contributed by atoms with Crippen LogP contribution in [0.1, 0.15) is 18.3 Å². The molecule has 1 saturated heterocycles. The molecule has 5 heteroatoms. The Morgan fingerprint density at radius 2 is 2.38 bits per heavy atom. The number of rotatable bonds is 1. The minimum Gasteiger partial charge on any atom is -0.339 e. The molecule has 4 nitrogen and oxygen atoms in total. The molecule has 1 atom stereocenters. The second-order valence-electron chi connectivity index (χ2n) is 3.93. The van der Waals surface area contributed by atoms with Crippen LogP contribution in [0.3, 0.4) is 0 Å². The third kappa shape index (κ3) is 2.45. The minimum atomic E-state index is 0.452. The Balaban J connectivity index is 2.26. The first kappa shape index (κ1) is 11.2. The fourth-order valence-electron chi connectivity index (χ4n) is 1.75. The van der Waals surface area contributed by atoms with Gasteiger partial charge in [0.05, 0.1) is 0 Å². The van der Waals surface area contributed by atoms with Crippen LogP contribution in [0.2, 0.25) is 0 Å². The molecule has 0 N–H and O–H groups in total. The zero-order chi connectivity index (χ0) is 11.5. The number of hydrogen-bond donors (Lipinski definition) is 0. The first-order chi connectivity index (χ1) is 7.69. The molecule has 0 spiro atoms. The molecule has 2 rings (SSSR count). The molecule has 0 aromatic carbocycles. The van der Waals surface area contributed by atoms with Crippen LogP contribution >= 0.6 is 11.8 Å². The number of aromatic nitrogens is 2. The molecule has 1 aromatic heterocycles. The molecule has 0 radical (unpaired) electrons. The number of hydrogen-bond acceptors (Lipinski definition) is 5. The van der Waals surface area contributed by atoms with Gasteiger partial charge in [-0.2, -0.15) is 17.0 Å². The van der Waals surface area contributed by atoms with Crippen LogP contribution in [0, 0.1) is 18.3 Å². The third-order valence-corrected chi connectivity index (χ3v) is 3.62. The molecule has 1 aliphatic rings. The van der Waals surface area contributed by atoms with E-state index in [1.807, 2.05) is 18.7 Å². The predicted octanol–water partition coefficient (Wildman–Crippen LogP) is 1.60. The van der Waals surface area contributed by atoms with E-state index in [1.165, 1.54) is 0 Å². The highest BCUT2D eigenvalue weighted by atomic mass is 32.2. The van der Waals surface area contributed by atoms with Gasteiger partial charge in [-0.05, 0) is 13.0 Å². The maximum absolute atomic E-state index is 8.87. The molecule has 0 bridgehead atoms. The largest absolute Gasteiger partial charge is 0.339 e. The molecular formula is C11H14N4S. The van der Waals surface area contributed by atoms with Crippen molar-refractivity contribution < 1.29 is 0 Å². The van der Waals surface area contributed by atoms with Gasteiger partial charge < -0.3 is 4.90 Å². The minimum absolute atomic E-state index is 0.452. The van der Waals surface area contributed by atoms with Crippen molar-refractivity contribution >= 4 is 17.7 Å². The summed E-state index contributed by atoms with van der Waals surface area (Å²) in [7, 11) is 0. The summed E-state index contributed by atoms with van der Waals surface area (Å²) in [5.41, 5.74) is 1.31. The van der Waals surface area contributed by atoms with Gasteiger partial charge in [-0.3, -0.25) is 0 Å². The van der Waals surface area contributed by atoms with Crippen molar-refractivity contribution in [2.75, 3.05) is 23.7 Å². The Kier molecular flexibility index (Phi) is 3.30. The van der Waals surface area contributed by atoms with Gasteiger partial charge in [0, 0.05) is 29.8 Å². The molecule has 0 amide bonds. The summed E-state index contributed by atoms with van der Waals surface area (Å²) >= 11 is 1.97. The van der Waals surface area contributed by atoms with Crippen molar-refractivity contribution in [3.63, 3.8) is 0 Å². The number of aryl methyl sites for hydroxylation is 1. The Morgan fingerprint density at radius 1 is 1.56 bits per heavy atom. The molecule has 1 fully saturated rings. The van der Waals surface area contributed by atoms with E-state index < -0.39 is 0 Å². The first-order valence-corrected chi connectivity index (χ1v) is 6.36. The van der Waals surface area contributed by atoms with Gasteiger partial charge in [-0.25, -0.2) is 9.97 Å². The lowest BCUT2D eigenvalue weighted by atomic mass is 10.3. The van der Waals surface area contributed by atoms with Crippen molar-refractivity contribution in [3.05, 3.63) is 17.5 Å². The standard InChI is InChI=1S/C11H14N4S/c1-8-5-10(6-12)14-11(13-8)15-3-4-16-9(2)7-15/h5,9H,3-4,7H2,1-2H3. The van der Waals surface area contributed by atoms with E-state index in [-0.39, 0.29) is 0 Å². The molecule has 0 saturated carbocycles. The number of nitrogens with zero attached hydrogens (tertiary/aromatic N) is 4. The van der Waals surface area contributed by atoms with Crippen LogP contribution in [-0.2, 0) is 0 Å². The van der Waals surface area contributed by atoms with Crippen LogP contribution in [0.15, 0.2) is 6.07 Å². The summed E-state index contributed by atoms with van der Waals surface area (Å²) in [5.74, 6) is 1.80. The fraction of sp³-hybridized carbons (Fsp3) is 0.545. The van der Waals surface area contributed by atoms with E-state index in [2.05, 4.69) is 27.9 Å². The van der Waals surface area contributed by atoms with Gasteiger partial charge in [-0.1, -0.05) is 6.92 Å². The summed E-state index contributed by atoms with van der Waals surface area (Å²) < 4.78 is 0. The first-order valence-electron chi connectivity index (χ1n) is 5.31. The van der Waals surface area contributed by atoms with Crippen LogP contribution in [0.4, 0.5) is 5.95 Å². The molecule has 1 unspecified atom stereocenters. The fourth-order valence-corrected chi connectivity index (χ4v) is 2.77. The lowest BCUT2D eigenvalue weighted by Crippen LogP contribution is -2.37. The lowest BCUT2D eigenvalue weighted by Gasteiger charge is -2.30. The van der Waals surface area contributed by atoms with Crippen molar-refractivity contribution in [1.82, 2.24) is 9.97 Å². The van der Waals surface area contributed by atoms with Crippen LogP contribution in [-0.4, -0.2) is 34.1 Å². The van der Waals surface area contributed by atoms with E-state index in [4.69, 9.17) is 5.26 Å². The smallest absolute Gasteiger partial charge is 0.226 e. The molecule has 1 aliphatic heterocycles. The van der Waals surface area contributed by atoms with Crippen molar-refractivity contribution in [3.8, 4) is 6.07 Å². The maximum atomic E-state index is 8.87. The molecule has 2 heterocycles. The molecule has 84 valence electrons. The van der Waals surface area contributed by atoms with Gasteiger partial charge >= 0.3 is 0 Å². The maximum Gasteiger partial charge on any atom is 0.226 e. The topological polar surface area (TPSA) is 52.8 Å². The molecule has 0 aliphatic carbocycles. The summed E-state index contributed by atoms with van der Waals surface area (Å²) in [6.45, 7) is 6.02. The van der Waals surface area contributed by atoms with Crippen molar-refractivity contribution in [2.24, 2.45) is 0 Å². The average Bonchev–Trinajstić information content (AvgIpc) is 2.28. The van der Waals surface area contributed by atoms with E-state index in [9.17, 15) is 0 Å². The second kappa shape index (κ2) is 4.71. The Labute approximate surface area is 99.7 Å². The Hall–Kier alpha value is -1.28. The normalized spacial score (nSPS) is 20.6. The zero-order valence-corrected chi connectivity index (χ0v) is 10.3. The predicted molar refractivity (Wildman–Crippen MR) is 65.6 cm³/mol. The number of nitriles is 1. The number of anilines is 1. The van der Waals surface area contributed by atoms with E-state index >= 15 is 0 Å². The van der Waals surface area contributed by atoms with Crippen molar-refractivity contribution in [1.29, 1.82) is 5.26 Å². The third-order valence-electron chi connectivity index (χ3n) is 2.48. The Morgan fingerprint density at radius 3 is 3.06 bits per heavy atom. The van der Waals surface area contributed by atoms with Crippen LogP contribution in [0.5, 0.6) is 0 Å². The monoisotopic (exact) mass is 234 g/mol. The van der Waals surface area contributed by atoms with Crippen LogP contribution < -0.4 is 4.90 Å². The van der Waals surface area contributed by atoms with Gasteiger partial charge in [-0.15, -0.1) is 0 Å². The van der Waals surface area contributed by atoms with Gasteiger partial charge in [0.15, 0.2) is 0 Å². The van der Waals surface area contributed by atoms with Crippen LogP contribution in [0.25, 0.3) is 0 Å². The van der Waals surface area contributed by atoms with E-state index in [0.29, 0.717) is 16.9 Å². The highest BCUT2D eigenvalue weighted by Gasteiger charge is 2.19. The van der Waals surface area contributed by atoms with Crippen molar-refractivity contribution in [2.45, 2.75) is 19.1 Å². The number of thioether (sulfide) groups is 1. The molecule has 1 aromatic rings. The molecular weight excluding hydrogens is 220 g/mol. The summed E-state index contributed by atoms with van der Waals surface area (Å²) in [6.07, 6.45) is 0. The summed E-state index contributed by atoms with van der Waals surface area (Å²) in [6, 6.07) is 3.79. The zero-order valence-electron chi connectivity index (χ0n) is 9.47. The van der Waals surface area contributed by atoms with Gasteiger partial charge in [0.2, 0.25) is 5.95 Å². The van der Waals surface area contributed by atoms with Gasteiger partial charge in [0.25, 0.3) is 0 Å². The van der Waals surface area contributed by atoms with Gasteiger partial charge in [0.1, 0.15) is 11.8 Å². The second-order valence-corrected chi connectivity index (χ2v) is 5.48. The average molecular weight is 234 g/mol. The lowest BCUT2D eigenvalue weighted by molar-refractivity contribution is 0.750. The van der Waals surface area contributed by atoms with E-state index in [0.717, 1.165) is 24.5 Å².